The van der Waals surface area contributed by atoms with Crippen molar-refractivity contribution in [3.8, 4) is 11.4 Å². The van der Waals surface area contributed by atoms with Crippen molar-refractivity contribution in [1.29, 1.82) is 0 Å². The Balaban J connectivity index is 0.928. The second kappa shape index (κ2) is 14.4. The van der Waals surface area contributed by atoms with Crippen molar-refractivity contribution in [2.75, 3.05) is 0 Å². The van der Waals surface area contributed by atoms with Crippen LogP contribution in [0.3, 0.4) is 0 Å². The number of rotatable bonds is 2. The molecule has 0 N–H and O–H groups in total. The van der Waals surface area contributed by atoms with E-state index in [1.807, 2.05) is 0 Å². The van der Waals surface area contributed by atoms with Crippen LogP contribution in [0.5, 0.6) is 0 Å². The maximum absolute atomic E-state index is 6.89. The molecule has 9 aromatic carbocycles. The molecular formula is C67H62N2O2. The summed E-state index contributed by atoms with van der Waals surface area (Å²) in [6, 6.07) is 53.1. The molecule has 0 aliphatic carbocycles. The first-order valence-electron chi connectivity index (χ1n) is 25.5. The van der Waals surface area contributed by atoms with Gasteiger partial charge in [-0.2, -0.15) is 0 Å². The van der Waals surface area contributed by atoms with E-state index < -0.39 is 0 Å². The maximum atomic E-state index is 6.89. The Bertz CT molecular complexity index is 4130. The minimum Gasteiger partial charge on any atom is -0.456 e. The summed E-state index contributed by atoms with van der Waals surface area (Å²) in [5.41, 5.74) is 17.3. The van der Waals surface area contributed by atoms with Crippen LogP contribution < -0.4 is 0 Å². The van der Waals surface area contributed by atoms with Crippen LogP contribution in [-0.2, 0) is 21.7 Å². The molecule has 0 fully saturated rings. The molecule has 0 aliphatic rings. The molecule has 4 aromatic heterocycles. The van der Waals surface area contributed by atoms with Crippen LogP contribution in [0.1, 0.15) is 111 Å². The summed E-state index contributed by atoms with van der Waals surface area (Å²) in [4.78, 5) is 0. The molecule has 0 atom stereocenters. The first kappa shape index (κ1) is 43.7. The molecule has 13 aromatic rings. The van der Waals surface area contributed by atoms with E-state index in [1.165, 1.54) is 76.6 Å². The number of aromatic nitrogens is 2. The second-order valence-corrected chi connectivity index (χ2v) is 24.8. The lowest BCUT2D eigenvalue weighted by Gasteiger charge is -2.19. The van der Waals surface area contributed by atoms with Crippen LogP contribution in [0.2, 0.25) is 0 Å². The van der Waals surface area contributed by atoms with Gasteiger partial charge in [0.15, 0.2) is 0 Å². The van der Waals surface area contributed by atoms with Crippen molar-refractivity contribution in [1.82, 2.24) is 9.13 Å². The van der Waals surface area contributed by atoms with E-state index in [4.69, 9.17) is 8.83 Å². The highest BCUT2D eigenvalue weighted by Crippen LogP contribution is 2.44. The average molecular weight is 927 g/mol. The molecule has 0 amide bonds. The third-order valence-corrected chi connectivity index (χ3v) is 15.8. The van der Waals surface area contributed by atoms with Crippen LogP contribution in [0.15, 0.2) is 148 Å². The number of nitrogens with zero attached hydrogens (tertiary/aromatic N) is 2. The van der Waals surface area contributed by atoms with E-state index in [-0.39, 0.29) is 21.7 Å². The third-order valence-electron chi connectivity index (χ3n) is 15.8. The fourth-order valence-electron chi connectivity index (χ4n) is 11.6. The van der Waals surface area contributed by atoms with E-state index >= 15 is 0 Å². The molecule has 0 bridgehead atoms. The first-order valence-corrected chi connectivity index (χ1v) is 25.5. The van der Waals surface area contributed by atoms with Gasteiger partial charge >= 0.3 is 0 Å². The van der Waals surface area contributed by atoms with Crippen LogP contribution in [0, 0.1) is 6.92 Å². The average Bonchev–Trinajstić information content (AvgIpc) is 4.05. The Hall–Kier alpha value is -7.30. The fourth-order valence-corrected chi connectivity index (χ4v) is 11.6. The lowest BCUT2D eigenvalue weighted by Crippen LogP contribution is -2.10. The highest BCUT2D eigenvalue weighted by molar-refractivity contribution is 6.20. The predicted molar refractivity (Wildman–Crippen MR) is 304 cm³/mol. The summed E-state index contributed by atoms with van der Waals surface area (Å²) < 4.78 is 18.6. The molecule has 0 spiro atoms. The zero-order chi connectivity index (χ0) is 49.4. The molecule has 4 heteroatoms. The second-order valence-electron chi connectivity index (χ2n) is 24.8. The third kappa shape index (κ3) is 6.63. The zero-order valence-corrected chi connectivity index (χ0v) is 43.5. The highest BCUT2D eigenvalue weighted by atomic mass is 16.3. The number of aryl methyl sites for hydroxylation is 1. The molecule has 0 saturated heterocycles. The Morgan fingerprint density at radius 1 is 0.310 bits per heavy atom. The normalized spacial score (nSPS) is 13.4. The van der Waals surface area contributed by atoms with Crippen LogP contribution in [0.4, 0.5) is 0 Å². The smallest absolute Gasteiger partial charge is 0.139 e. The predicted octanol–water partition coefficient (Wildman–Crippen LogP) is 19.5. The maximum Gasteiger partial charge on any atom is 0.139 e. The largest absolute Gasteiger partial charge is 0.456 e. The zero-order valence-electron chi connectivity index (χ0n) is 43.5. The fraction of sp³-hybridized carbons (Fsp3) is 0.254. The molecule has 4 nitrogen and oxygen atoms in total. The minimum absolute atomic E-state index is 0.0448. The first-order chi connectivity index (χ1) is 33.6. The molecule has 4 heterocycles. The molecular weight excluding hydrogens is 865 g/mol. The SMILES string of the molecule is Cc1c2oc3cc4cc(-n5c6ccc(C(C)(C)C)cc6c6cc(C(C)(C)C)ccc65)ccc4cc3c2cc2oc3cc4cc(-n5c6ccc(C(C)(C)C)cc6c6cc(C(C)(C)C)ccc65)ccc4cc3c12. The van der Waals surface area contributed by atoms with Crippen molar-refractivity contribution in [3.05, 3.63) is 167 Å². The molecule has 0 saturated carbocycles. The molecule has 352 valence electrons. The monoisotopic (exact) mass is 926 g/mol. The van der Waals surface area contributed by atoms with Gasteiger partial charge in [0.1, 0.15) is 22.3 Å². The topological polar surface area (TPSA) is 36.1 Å². The van der Waals surface area contributed by atoms with E-state index in [0.717, 1.165) is 71.6 Å². The van der Waals surface area contributed by atoms with Gasteiger partial charge in [-0.05, 0) is 176 Å². The Morgan fingerprint density at radius 3 is 1.08 bits per heavy atom. The van der Waals surface area contributed by atoms with E-state index in [9.17, 15) is 0 Å². The van der Waals surface area contributed by atoms with Gasteiger partial charge in [0.25, 0.3) is 0 Å². The van der Waals surface area contributed by atoms with Crippen LogP contribution >= 0.6 is 0 Å². The Labute approximate surface area is 415 Å². The van der Waals surface area contributed by atoms with Crippen LogP contribution in [0.25, 0.3) is 120 Å². The van der Waals surface area contributed by atoms with Gasteiger partial charge in [-0.3, -0.25) is 0 Å². The molecule has 13 rings (SSSR count). The van der Waals surface area contributed by atoms with Crippen molar-refractivity contribution in [2.24, 2.45) is 0 Å². The summed E-state index contributed by atoms with van der Waals surface area (Å²) >= 11 is 0. The molecule has 0 aliphatic heterocycles. The van der Waals surface area contributed by atoms with E-state index in [0.29, 0.717) is 0 Å². The Morgan fingerprint density at radius 2 is 0.690 bits per heavy atom. The van der Waals surface area contributed by atoms with Crippen molar-refractivity contribution < 1.29 is 8.83 Å². The number of furan rings is 2. The van der Waals surface area contributed by atoms with Gasteiger partial charge in [-0.15, -0.1) is 0 Å². The van der Waals surface area contributed by atoms with Gasteiger partial charge in [-0.25, -0.2) is 0 Å². The standard InChI is InChI=1S/C67H62N2O2/c1-37-62-54-29-39-15-21-47(69-57-24-18-44(66(8,9)10)34-50(57)51-35-45(67(11,12)13)19-25-58(51)69)27-41(39)31-60(54)70-61(62)36-53-52-28-38-14-20-46(26-40(38)30-59(52)71-63(37)53)68-55-22-16-42(64(2,3)4)32-48(55)49-33-43(65(5,6)7)17-23-56(49)68/h14-36H,1-13H3. The van der Waals surface area contributed by atoms with Crippen molar-refractivity contribution in [2.45, 2.75) is 112 Å². The molecule has 71 heavy (non-hydrogen) atoms. The Kier molecular flexibility index (Phi) is 8.87. The van der Waals surface area contributed by atoms with Crippen molar-refractivity contribution in [3.63, 3.8) is 0 Å². The number of hydrogen-bond donors (Lipinski definition) is 0. The number of benzene rings is 9. The lowest BCUT2D eigenvalue weighted by molar-refractivity contribution is 0.590. The van der Waals surface area contributed by atoms with Gasteiger partial charge in [0.2, 0.25) is 0 Å². The van der Waals surface area contributed by atoms with E-state index in [2.05, 4.69) is 239 Å². The minimum atomic E-state index is 0.0448. The molecule has 0 radical (unpaired) electrons. The van der Waals surface area contributed by atoms with Crippen molar-refractivity contribution >= 4 is 109 Å². The number of hydrogen-bond acceptors (Lipinski definition) is 2. The summed E-state index contributed by atoms with van der Waals surface area (Å²) in [7, 11) is 0. The summed E-state index contributed by atoms with van der Waals surface area (Å²) in [6.45, 7) is 29.7. The lowest BCUT2D eigenvalue weighted by atomic mass is 9.85. The molecule has 0 unspecified atom stereocenters. The van der Waals surface area contributed by atoms with E-state index in [1.54, 1.807) is 0 Å². The van der Waals surface area contributed by atoms with Crippen LogP contribution in [-0.4, -0.2) is 9.13 Å². The highest BCUT2D eigenvalue weighted by Gasteiger charge is 2.25. The number of fused-ring (bicyclic) bond motifs is 14. The van der Waals surface area contributed by atoms with Gasteiger partial charge < -0.3 is 18.0 Å². The quantitative estimate of drug-likeness (QED) is 0.173. The summed E-state index contributed by atoms with van der Waals surface area (Å²) in [5.74, 6) is 0. The summed E-state index contributed by atoms with van der Waals surface area (Å²) in [5, 5.41) is 14.2. The van der Waals surface area contributed by atoms with Gasteiger partial charge in [0.05, 0.1) is 22.1 Å². The van der Waals surface area contributed by atoms with Gasteiger partial charge in [-0.1, -0.05) is 119 Å². The van der Waals surface area contributed by atoms with Gasteiger partial charge in [0, 0.05) is 60.0 Å². The summed E-state index contributed by atoms with van der Waals surface area (Å²) in [6.07, 6.45) is 0.